The molecule has 0 radical (unpaired) electrons. The van der Waals surface area contributed by atoms with Crippen molar-refractivity contribution >= 4 is 28.6 Å². The van der Waals surface area contributed by atoms with Crippen LogP contribution in [0.15, 0.2) is 27.4 Å². The number of likely N-dealkylation sites (tertiary alicyclic amines) is 1. The minimum Gasteiger partial charge on any atom is -0.408 e. The molecule has 3 rings (SSSR count). The van der Waals surface area contributed by atoms with E-state index in [4.69, 9.17) is 20.8 Å². The number of amides is 1. The summed E-state index contributed by atoms with van der Waals surface area (Å²) in [5.41, 5.74) is 1.23. The predicted molar refractivity (Wildman–Crippen MR) is 90.1 cm³/mol. The maximum absolute atomic E-state index is 12.1. The molecule has 1 N–H and O–H groups in total. The van der Waals surface area contributed by atoms with Gasteiger partial charge in [-0.15, -0.1) is 0 Å². The first-order valence-electron chi connectivity index (χ1n) is 7.86. The van der Waals surface area contributed by atoms with Crippen LogP contribution in [0.2, 0.25) is 5.02 Å². The number of piperidine rings is 1. The summed E-state index contributed by atoms with van der Waals surface area (Å²) in [7, 11) is 1.50. The van der Waals surface area contributed by atoms with Gasteiger partial charge in [0.15, 0.2) is 5.58 Å². The van der Waals surface area contributed by atoms with Crippen molar-refractivity contribution < 1.29 is 13.9 Å². The summed E-state index contributed by atoms with van der Waals surface area (Å²) in [6.07, 6.45) is 1.68. The molecule has 24 heavy (non-hydrogen) atoms. The molecular formula is C16H20ClN3O4. The molecule has 1 aliphatic heterocycles. The van der Waals surface area contributed by atoms with Crippen LogP contribution in [0.4, 0.5) is 0 Å². The molecule has 130 valence electrons. The Hall–Kier alpha value is -1.83. The number of nitrogens with one attached hydrogen (secondary N) is 1. The number of aromatic nitrogens is 1. The van der Waals surface area contributed by atoms with E-state index in [9.17, 15) is 9.59 Å². The fourth-order valence-corrected chi connectivity index (χ4v) is 3.16. The van der Waals surface area contributed by atoms with Gasteiger partial charge in [0, 0.05) is 37.3 Å². The highest BCUT2D eigenvalue weighted by molar-refractivity contribution is 6.31. The lowest BCUT2D eigenvalue weighted by atomic mass is 10.1. The van der Waals surface area contributed by atoms with Gasteiger partial charge in [0.25, 0.3) is 0 Å². The Kier molecular flexibility index (Phi) is 5.23. The van der Waals surface area contributed by atoms with Crippen LogP contribution >= 0.6 is 11.6 Å². The summed E-state index contributed by atoms with van der Waals surface area (Å²) >= 11 is 5.93. The smallest absolute Gasteiger partial charge is 0.408 e. The molecule has 1 aliphatic rings. The molecule has 0 saturated carbocycles. The van der Waals surface area contributed by atoms with Crippen molar-refractivity contribution in [3.8, 4) is 0 Å². The van der Waals surface area contributed by atoms with Gasteiger partial charge in [-0.3, -0.25) is 14.3 Å². The highest BCUT2D eigenvalue weighted by Crippen LogP contribution is 2.19. The Morgan fingerprint density at radius 1 is 1.42 bits per heavy atom. The third kappa shape index (κ3) is 3.80. The van der Waals surface area contributed by atoms with Crippen molar-refractivity contribution in [2.45, 2.75) is 25.6 Å². The highest BCUT2D eigenvalue weighted by Gasteiger charge is 2.22. The molecule has 8 heteroatoms. The maximum atomic E-state index is 12.1. The number of carbonyl (C=O) groups excluding carboxylic acids is 1. The van der Waals surface area contributed by atoms with E-state index in [1.807, 2.05) is 0 Å². The van der Waals surface area contributed by atoms with Gasteiger partial charge in [0.2, 0.25) is 5.91 Å². The average molecular weight is 354 g/mol. The molecule has 0 spiro atoms. The van der Waals surface area contributed by atoms with Crippen molar-refractivity contribution in [1.82, 2.24) is 14.8 Å². The normalized spacial score (nSPS) is 16.6. The minimum absolute atomic E-state index is 0.0825. The van der Waals surface area contributed by atoms with Crippen LogP contribution in [0.25, 0.3) is 11.1 Å². The fourth-order valence-electron chi connectivity index (χ4n) is 2.99. The predicted octanol–water partition coefficient (Wildman–Crippen LogP) is 1.43. The first-order valence-corrected chi connectivity index (χ1v) is 8.24. The van der Waals surface area contributed by atoms with Crippen LogP contribution in [0.3, 0.4) is 0 Å². The van der Waals surface area contributed by atoms with Gasteiger partial charge in [0.05, 0.1) is 12.2 Å². The van der Waals surface area contributed by atoms with Crippen LogP contribution in [-0.2, 0) is 16.2 Å². The number of benzene rings is 1. The third-order valence-electron chi connectivity index (χ3n) is 4.20. The molecule has 2 aromatic rings. The van der Waals surface area contributed by atoms with Crippen LogP contribution in [-0.4, -0.2) is 48.2 Å². The molecule has 0 atom stereocenters. The van der Waals surface area contributed by atoms with E-state index >= 15 is 0 Å². The Morgan fingerprint density at radius 3 is 2.88 bits per heavy atom. The van der Waals surface area contributed by atoms with Crippen molar-refractivity contribution in [2.24, 2.45) is 0 Å². The molecule has 1 saturated heterocycles. The molecule has 0 unspecified atom stereocenters. The third-order valence-corrected chi connectivity index (χ3v) is 4.43. The van der Waals surface area contributed by atoms with Gasteiger partial charge in [-0.2, -0.15) is 0 Å². The molecule has 2 heterocycles. The van der Waals surface area contributed by atoms with Crippen LogP contribution in [0.1, 0.15) is 12.8 Å². The van der Waals surface area contributed by atoms with Crippen molar-refractivity contribution in [1.29, 1.82) is 0 Å². The first kappa shape index (κ1) is 17.0. The minimum atomic E-state index is -0.386. The lowest BCUT2D eigenvalue weighted by Crippen LogP contribution is -2.46. The Bertz CT molecular complexity index is 777. The largest absolute Gasteiger partial charge is 0.421 e. The maximum Gasteiger partial charge on any atom is 0.421 e. The quantitative estimate of drug-likeness (QED) is 0.880. The van der Waals surface area contributed by atoms with Gasteiger partial charge >= 0.3 is 5.76 Å². The standard InChI is InChI=1S/C16H20ClN3O4/c1-23-9-15(21)18-12-4-6-19(7-5-12)10-20-13-3-2-11(17)8-14(13)24-16(20)22/h2-3,8,12H,4-7,9-10H2,1H3,(H,18,21). The van der Waals surface area contributed by atoms with E-state index < -0.39 is 0 Å². The molecule has 0 aliphatic carbocycles. The number of rotatable bonds is 5. The van der Waals surface area contributed by atoms with E-state index in [-0.39, 0.29) is 24.3 Å². The van der Waals surface area contributed by atoms with E-state index in [1.165, 1.54) is 7.11 Å². The summed E-state index contributed by atoms with van der Waals surface area (Å²) in [6, 6.07) is 5.33. The first-order chi connectivity index (χ1) is 11.6. The summed E-state index contributed by atoms with van der Waals surface area (Å²) in [5.74, 6) is -0.479. The number of methoxy groups -OCH3 is 1. The summed E-state index contributed by atoms with van der Waals surface area (Å²) in [4.78, 5) is 25.8. The van der Waals surface area contributed by atoms with Crippen molar-refractivity contribution in [3.05, 3.63) is 33.8 Å². The Morgan fingerprint density at radius 2 is 2.17 bits per heavy atom. The van der Waals surface area contributed by atoms with Gasteiger partial charge in [-0.25, -0.2) is 4.79 Å². The van der Waals surface area contributed by atoms with Crippen molar-refractivity contribution in [3.63, 3.8) is 0 Å². The fraction of sp³-hybridized carbons (Fsp3) is 0.500. The number of oxazole rings is 1. The van der Waals surface area contributed by atoms with E-state index in [2.05, 4.69) is 10.2 Å². The van der Waals surface area contributed by atoms with E-state index in [1.54, 1.807) is 22.8 Å². The zero-order chi connectivity index (χ0) is 17.1. The molecular weight excluding hydrogens is 334 g/mol. The zero-order valence-corrected chi connectivity index (χ0v) is 14.2. The second-order valence-electron chi connectivity index (χ2n) is 5.94. The topological polar surface area (TPSA) is 76.7 Å². The average Bonchev–Trinajstić information content (AvgIpc) is 2.84. The number of hydrogen-bond acceptors (Lipinski definition) is 5. The van der Waals surface area contributed by atoms with E-state index in [0.29, 0.717) is 17.3 Å². The second kappa shape index (κ2) is 7.38. The summed E-state index contributed by atoms with van der Waals surface area (Å²) in [5, 5.41) is 3.49. The number of carbonyl (C=O) groups is 1. The van der Waals surface area contributed by atoms with Crippen LogP contribution < -0.4 is 11.1 Å². The number of fused-ring (bicyclic) bond motifs is 1. The molecule has 1 amide bonds. The number of hydrogen-bond donors (Lipinski definition) is 1. The van der Waals surface area contributed by atoms with Gasteiger partial charge in [-0.05, 0) is 25.0 Å². The summed E-state index contributed by atoms with van der Waals surface area (Å²) in [6.45, 7) is 2.14. The molecule has 1 fully saturated rings. The number of ether oxygens (including phenoxy) is 1. The van der Waals surface area contributed by atoms with E-state index in [0.717, 1.165) is 31.4 Å². The van der Waals surface area contributed by atoms with Crippen LogP contribution in [0, 0.1) is 0 Å². The van der Waals surface area contributed by atoms with Crippen LogP contribution in [0.5, 0.6) is 0 Å². The highest BCUT2D eigenvalue weighted by atomic mass is 35.5. The lowest BCUT2D eigenvalue weighted by Gasteiger charge is -2.32. The number of nitrogens with zero attached hydrogens (tertiary/aromatic N) is 2. The SMILES string of the molecule is COCC(=O)NC1CCN(Cn2c(=O)oc3cc(Cl)ccc32)CC1. The molecule has 7 nitrogen and oxygen atoms in total. The molecule has 1 aromatic carbocycles. The van der Waals surface area contributed by atoms with Gasteiger partial charge < -0.3 is 14.5 Å². The lowest BCUT2D eigenvalue weighted by molar-refractivity contribution is -0.125. The van der Waals surface area contributed by atoms with Gasteiger partial charge in [-0.1, -0.05) is 11.6 Å². The number of halogens is 1. The second-order valence-corrected chi connectivity index (χ2v) is 6.38. The van der Waals surface area contributed by atoms with Crippen molar-refractivity contribution in [2.75, 3.05) is 26.8 Å². The molecule has 1 aromatic heterocycles. The molecule has 0 bridgehead atoms. The monoisotopic (exact) mass is 353 g/mol. The summed E-state index contributed by atoms with van der Waals surface area (Å²) < 4.78 is 11.7. The van der Waals surface area contributed by atoms with Gasteiger partial charge in [0.1, 0.15) is 6.61 Å². The Balaban J connectivity index is 1.61. The Labute approximate surface area is 144 Å². The zero-order valence-electron chi connectivity index (χ0n) is 13.5.